The van der Waals surface area contributed by atoms with Crippen LogP contribution in [-0.4, -0.2) is 16.4 Å². The molecule has 0 aliphatic heterocycles. The third-order valence-electron chi connectivity index (χ3n) is 2.50. The van der Waals surface area contributed by atoms with Crippen molar-refractivity contribution in [3.8, 4) is 5.75 Å². The van der Waals surface area contributed by atoms with Gasteiger partial charge in [0.25, 0.3) is 0 Å². The molecule has 1 N–H and O–H groups in total. The van der Waals surface area contributed by atoms with Gasteiger partial charge in [-0.2, -0.15) is 5.10 Å². The minimum Gasteiger partial charge on any atom is -0.489 e. The van der Waals surface area contributed by atoms with Crippen molar-refractivity contribution < 1.29 is 4.74 Å². The number of anilines is 1. The fourth-order valence-electron chi connectivity index (χ4n) is 1.63. The van der Waals surface area contributed by atoms with E-state index >= 15 is 0 Å². The lowest BCUT2D eigenvalue weighted by molar-refractivity contribution is 0.359. The second-order valence-corrected chi connectivity index (χ2v) is 3.94. The highest BCUT2D eigenvalue weighted by atomic mass is 16.5. The van der Waals surface area contributed by atoms with Gasteiger partial charge in [-0.1, -0.05) is 30.9 Å². The lowest BCUT2D eigenvalue weighted by Crippen LogP contribution is -2.04. The molecule has 1 aromatic heterocycles. The molecule has 0 unspecified atom stereocenters. The van der Waals surface area contributed by atoms with Gasteiger partial charge in [-0.25, -0.2) is 0 Å². The number of aromatic nitrogens is 2. The number of aryl methyl sites for hydroxylation is 1. The quantitative estimate of drug-likeness (QED) is 0.793. The van der Waals surface area contributed by atoms with E-state index < -0.39 is 0 Å². The molecule has 1 aromatic carbocycles. The Morgan fingerprint density at radius 2 is 2.22 bits per heavy atom. The van der Waals surface area contributed by atoms with Crippen LogP contribution in [0.4, 0.5) is 5.82 Å². The highest BCUT2D eigenvalue weighted by molar-refractivity contribution is 5.39. The summed E-state index contributed by atoms with van der Waals surface area (Å²) in [6.45, 7) is 4.85. The van der Waals surface area contributed by atoms with Gasteiger partial charge in [0.2, 0.25) is 0 Å². The number of hydrogen-bond donors (Lipinski definition) is 1. The number of ether oxygens (including phenoxy) is 1. The molecule has 4 nitrogen and oxygen atoms in total. The van der Waals surface area contributed by atoms with Crippen molar-refractivity contribution in [1.29, 1.82) is 0 Å². The maximum absolute atomic E-state index is 5.60. The lowest BCUT2D eigenvalue weighted by Gasteiger charge is -2.10. The van der Waals surface area contributed by atoms with Crippen LogP contribution in [0.3, 0.4) is 0 Å². The number of benzene rings is 1. The maximum Gasteiger partial charge on any atom is 0.148 e. The number of rotatable bonds is 6. The topological polar surface area (TPSA) is 39.1 Å². The van der Waals surface area contributed by atoms with Crippen molar-refractivity contribution >= 4 is 5.82 Å². The first kappa shape index (κ1) is 12.2. The Hall–Kier alpha value is -2.23. The first-order chi connectivity index (χ1) is 8.79. The molecule has 2 aromatic rings. The van der Waals surface area contributed by atoms with Crippen LogP contribution in [-0.2, 0) is 13.6 Å². The number of para-hydroxylation sites is 1. The summed E-state index contributed by atoms with van der Waals surface area (Å²) in [5.74, 6) is 1.73. The predicted octanol–water partition coefficient (Wildman–Crippen LogP) is 2.60. The zero-order valence-electron chi connectivity index (χ0n) is 10.5. The standard InChI is InChI=1S/C14H17N3O/c1-3-10-18-13-7-5-4-6-12(13)11-15-14-8-9-17(2)16-14/h3-9H,1,10-11H2,2H3,(H,15,16). The Morgan fingerprint density at radius 3 is 2.94 bits per heavy atom. The summed E-state index contributed by atoms with van der Waals surface area (Å²) in [5, 5.41) is 7.53. The summed E-state index contributed by atoms with van der Waals surface area (Å²) in [6, 6.07) is 9.89. The number of nitrogens with zero attached hydrogens (tertiary/aromatic N) is 2. The minimum absolute atomic E-state index is 0.514. The van der Waals surface area contributed by atoms with E-state index in [1.165, 1.54) is 0 Å². The predicted molar refractivity (Wildman–Crippen MR) is 72.7 cm³/mol. The third-order valence-corrected chi connectivity index (χ3v) is 2.50. The average molecular weight is 243 g/mol. The smallest absolute Gasteiger partial charge is 0.148 e. The van der Waals surface area contributed by atoms with E-state index in [9.17, 15) is 0 Å². The summed E-state index contributed by atoms with van der Waals surface area (Å²) >= 11 is 0. The first-order valence-corrected chi connectivity index (χ1v) is 5.84. The Balaban J connectivity index is 2.01. The molecule has 4 heteroatoms. The van der Waals surface area contributed by atoms with E-state index in [1.54, 1.807) is 10.8 Å². The maximum atomic E-state index is 5.60. The zero-order chi connectivity index (χ0) is 12.8. The van der Waals surface area contributed by atoms with Gasteiger partial charge in [-0.3, -0.25) is 4.68 Å². The highest BCUT2D eigenvalue weighted by Gasteiger charge is 2.03. The van der Waals surface area contributed by atoms with Crippen LogP contribution in [0.2, 0.25) is 0 Å². The van der Waals surface area contributed by atoms with Gasteiger partial charge in [0.05, 0.1) is 0 Å². The average Bonchev–Trinajstić information content (AvgIpc) is 2.81. The Kier molecular flexibility index (Phi) is 4.02. The molecule has 1 heterocycles. The molecule has 0 atom stereocenters. The largest absolute Gasteiger partial charge is 0.489 e. The van der Waals surface area contributed by atoms with Crippen LogP contribution >= 0.6 is 0 Å². The van der Waals surface area contributed by atoms with E-state index in [2.05, 4.69) is 17.0 Å². The SMILES string of the molecule is C=CCOc1ccccc1CNc1ccn(C)n1. The minimum atomic E-state index is 0.514. The fraction of sp³-hybridized carbons (Fsp3) is 0.214. The summed E-state index contributed by atoms with van der Waals surface area (Å²) < 4.78 is 7.36. The van der Waals surface area contributed by atoms with Gasteiger partial charge in [0.1, 0.15) is 18.2 Å². The summed E-state index contributed by atoms with van der Waals surface area (Å²) in [6.07, 6.45) is 3.64. The van der Waals surface area contributed by atoms with Crippen LogP contribution in [0, 0.1) is 0 Å². The second kappa shape index (κ2) is 5.91. The fourth-order valence-corrected chi connectivity index (χ4v) is 1.63. The van der Waals surface area contributed by atoms with Crippen LogP contribution in [0.15, 0.2) is 49.2 Å². The van der Waals surface area contributed by atoms with Crippen LogP contribution in [0.25, 0.3) is 0 Å². The molecule has 0 spiro atoms. The molecule has 0 bridgehead atoms. The van der Waals surface area contributed by atoms with Crippen LogP contribution in [0.1, 0.15) is 5.56 Å². The molecular formula is C14H17N3O. The van der Waals surface area contributed by atoms with Gasteiger partial charge < -0.3 is 10.1 Å². The number of hydrogen-bond acceptors (Lipinski definition) is 3. The Labute approximate surface area is 107 Å². The van der Waals surface area contributed by atoms with Crippen molar-refractivity contribution in [2.24, 2.45) is 7.05 Å². The van der Waals surface area contributed by atoms with Crippen LogP contribution < -0.4 is 10.1 Å². The van der Waals surface area contributed by atoms with Crippen molar-refractivity contribution in [2.45, 2.75) is 6.54 Å². The van der Waals surface area contributed by atoms with Crippen LogP contribution in [0.5, 0.6) is 5.75 Å². The molecule has 0 amide bonds. The van der Waals surface area contributed by atoms with Crippen molar-refractivity contribution in [3.05, 3.63) is 54.7 Å². The van der Waals surface area contributed by atoms with Gasteiger partial charge in [0, 0.05) is 31.4 Å². The highest BCUT2D eigenvalue weighted by Crippen LogP contribution is 2.19. The van der Waals surface area contributed by atoms with E-state index in [0.717, 1.165) is 17.1 Å². The molecule has 0 saturated heterocycles. The van der Waals surface area contributed by atoms with E-state index in [1.807, 2.05) is 43.6 Å². The van der Waals surface area contributed by atoms with E-state index in [0.29, 0.717) is 13.2 Å². The van der Waals surface area contributed by atoms with Gasteiger partial charge >= 0.3 is 0 Å². The van der Waals surface area contributed by atoms with Gasteiger partial charge in [-0.05, 0) is 6.07 Å². The van der Waals surface area contributed by atoms with Crippen molar-refractivity contribution in [2.75, 3.05) is 11.9 Å². The molecule has 0 fully saturated rings. The molecule has 94 valence electrons. The molecule has 2 rings (SSSR count). The second-order valence-electron chi connectivity index (χ2n) is 3.94. The molecule has 0 aliphatic rings. The Bertz CT molecular complexity index is 519. The van der Waals surface area contributed by atoms with Crippen molar-refractivity contribution in [1.82, 2.24) is 9.78 Å². The first-order valence-electron chi connectivity index (χ1n) is 5.84. The normalized spacial score (nSPS) is 10.1. The summed E-state index contributed by atoms with van der Waals surface area (Å²) in [7, 11) is 1.90. The summed E-state index contributed by atoms with van der Waals surface area (Å²) in [5.41, 5.74) is 1.10. The molecule has 0 saturated carbocycles. The van der Waals surface area contributed by atoms with E-state index in [4.69, 9.17) is 4.74 Å². The van der Waals surface area contributed by atoms with Crippen molar-refractivity contribution in [3.63, 3.8) is 0 Å². The zero-order valence-corrected chi connectivity index (χ0v) is 10.5. The van der Waals surface area contributed by atoms with Gasteiger partial charge in [-0.15, -0.1) is 0 Å². The Morgan fingerprint density at radius 1 is 1.39 bits per heavy atom. The third kappa shape index (κ3) is 3.13. The molecular weight excluding hydrogens is 226 g/mol. The van der Waals surface area contributed by atoms with Gasteiger partial charge in [0.15, 0.2) is 0 Å². The molecule has 0 radical (unpaired) electrons. The molecule has 0 aliphatic carbocycles. The summed E-state index contributed by atoms with van der Waals surface area (Å²) in [4.78, 5) is 0. The number of nitrogens with one attached hydrogen (secondary N) is 1. The monoisotopic (exact) mass is 243 g/mol. The lowest BCUT2D eigenvalue weighted by atomic mass is 10.2. The van der Waals surface area contributed by atoms with E-state index in [-0.39, 0.29) is 0 Å². The molecule has 18 heavy (non-hydrogen) atoms.